The van der Waals surface area contributed by atoms with Crippen LogP contribution in [-0.4, -0.2) is 46.4 Å². The Bertz CT molecular complexity index is 382. The molecule has 0 saturated carbocycles. The average Bonchev–Trinajstić information content (AvgIpc) is 3.11. The van der Waals surface area contributed by atoms with Crippen LogP contribution in [0.5, 0.6) is 0 Å². The number of carbonyl (C=O) groups is 1. The van der Waals surface area contributed by atoms with Crippen molar-refractivity contribution < 1.29 is 28.5 Å². The fraction of sp³-hybridized carbons (Fsp3) is 0.545. The molecule has 1 aliphatic heterocycles. The van der Waals surface area contributed by atoms with E-state index in [1.165, 1.54) is 28.4 Å². The monoisotopic (exact) mass is 242 g/mol. The SMILES string of the molecule is COC1=C(OC)C2(CO2)C(OC)=C(OC)C1=O. The lowest BCUT2D eigenvalue weighted by Crippen LogP contribution is -2.33. The number of rotatable bonds is 4. The number of methoxy groups -OCH3 is 4. The Kier molecular flexibility index (Phi) is 2.74. The van der Waals surface area contributed by atoms with Crippen molar-refractivity contribution in [2.75, 3.05) is 35.0 Å². The third-order valence-electron chi connectivity index (χ3n) is 2.81. The molecule has 1 fully saturated rings. The third-order valence-corrected chi connectivity index (χ3v) is 2.81. The Morgan fingerprint density at radius 1 is 0.941 bits per heavy atom. The molecular formula is C11H14O6. The Morgan fingerprint density at radius 3 is 1.59 bits per heavy atom. The molecule has 1 saturated heterocycles. The number of Topliss-reactive ketones (excluding diaryl/α,β-unsaturated/α-hetero) is 1. The quantitative estimate of drug-likeness (QED) is 0.662. The zero-order valence-corrected chi connectivity index (χ0v) is 10.2. The Balaban J connectivity index is 2.58. The number of ether oxygens (including phenoxy) is 5. The fourth-order valence-electron chi connectivity index (χ4n) is 2.00. The summed E-state index contributed by atoms with van der Waals surface area (Å²) in [5.41, 5.74) is -0.867. The minimum Gasteiger partial charge on any atom is -0.494 e. The smallest absolute Gasteiger partial charge is 0.269 e. The zero-order chi connectivity index (χ0) is 12.6. The molecule has 0 radical (unpaired) electrons. The van der Waals surface area contributed by atoms with Crippen LogP contribution in [-0.2, 0) is 28.5 Å². The van der Waals surface area contributed by atoms with Gasteiger partial charge in [0.1, 0.15) is 0 Å². The van der Waals surface area contributed by atoms with E-state index in [0.717, 1.165) is 0 Å². The molecule has 1 aliphatic carbocycles. The molecule has 2 rings (SSSR count). The van der Waals surface area contributed by atoms with Crippen LogP contribution >= 0.6 is 0 Å². The lowest BCUT2D eigenvalue weighted by molar-refractivity contribution is -0.119. The van der Waals surface area contributed by atoms with Gasteiger partial charge < -0.3 is 23.7 Å². The van der Waals surface area contributed by atoms with Crippen LogP contribution < -0.4 is 0 Å². The summed E-state index contributed by atoms with van der Waals surface area (Å²) in [5.74, 6) is 0.403. The van der Waals surface area contributed by atoms with Gasteiger partial charge in [-0.3, -0.25) is 4.79 Å². The number of hydrogen-bond acceptors (Lipinski definition) is 6. The lowest BCUT2D eigenvalue weighted by Gasteiger charge is -2.26. The van der Waals surface area contributed by atoms with E-state index >= 15 is 0 Å². The molecule has 0 N–H and O–H groups in total. The second-order valence-electron chi connectivity index (χ2n) is 3.58. The molecule has 0 amide bonds. The molecule has 2 aliphatic rings. The molecule has 0 aromatic rings. The van der Waals surface area contributed by atoms with Crippen LogP contribution in [0.1, 0.15) is 0 Å². The van der Waals surface area contributed by atoms with Crippen LogP contribution in [0.2, 0.25) is 0 Å². The van der Waals surface area contributed by atoms with Gasteiger partial charge in [-0.15, -0.1) is 0 Å². The highest BCUT2D eigenvalue weighted by Crippen LogP contribution is 2.48. The molecule has 1 heterocycles. The summed E-state index contributed by atoms with van der Waals surface area (Å²) in [6, 6.07) is 0. The number of ketones is 1. The van der Waals surface area contributed by atoms with Crippen molar-refractivity contribution in [1.82, 2.24) is 0 Å². The first-order chi connectivity index (χ1) is 8.16. The molecule has 0 aromatic carbocycles. The van der Waals surface area contributed by atoms with Gasteiger partial charge in [-0.25, -0.2) is 0 Å². The van der Waals surface area contributed by atoms with E-state index in [4.69, 9.17) is 23.7 Å². The maximum Gasteiger partial charge on any atom is 0.269 e. The average molecular weight is 242 g/mol. The van der Waals surface area contributed by atoms with Crippen molar-refractivity contribution in [2.24, 2.45) is 0 Å². The lowest BCUT2D eigenvalue weighted by atomic mass is 9.95. The van der Waals surface area contributed by atoms with Gasteiger partial charge in [0.25, 0.3) is 5.78 Å². The van der Waals surface area contributed by atoms with Crippen molar-refractivity contribution in [2.45, 2.75) is 5.60 Å². The van der Waals surface area contributed by atoms with Crippen molar-refractivity contribution in [3.63, 3.8) is 0 Å². The first-order valence-corrected chi connectivity index (χ1v) is 5.00. The van der Waals surface area contributed by atoms with E-state index in [1.807, 2.05) is 0 Å². The van der Waals surface area contributed by atoms with Gasteiger partial charge in [-0.05, 0) is 0 Å². The molecule has 0 atom stereocenters. The summed E-state index contributed by atoms with van der Waals surface area (Å²) in [6.07, 6.45) is 0. The van der Waals surface area contributed by atoms with E-state index in [-0.39, 0.29) is 11.5 Å². The molecule has 0 unspecified atom stereocenters. The van der Waals surface area contributed by atoms with Gasteiger partial charge in [0.15, 0.2) is 11.5 Å². The van der Waals surface area contributed by atoms with E-state index in [9.17, 15) is 4.79 Å². The Hall–Kier alpha value is -1.69. The molecule has 0 aromatic heterocycles. The number of epoxide rings is 1. The second-order valence-corrected chi connectivity index (χ2v) is 3.58. The third kappa shape index (κ3) is 1.40. The molecule has 6 nitrogen and oxygen atoms in total. The summed E-state index contributed by atoms with van der Waals surface area (Å²) in [6.45, 7) is 0.367. The largest absolute Gasteiger partial charge is 0.494 e. The van der Waals surface area contributed by atoms with E-state index in [1.54, 1.807) is 0 Å². The van der Waals surface area contributed by atoms with Crippen LogP contribution in [0, 0.1) is 0 Å². The van der Waals surface area contributed by atoms with E-state index in [2.05, 4.69) is 0 Å². The second kappa shape index (κ2) is 3.96. The first-order valence-electron chi connectivity index (χ1n) is 5.00. The van der Waals surface area contributed by atoms with Crippen molar-refractivity contribution in [3.8, 4) is 0 Å². The molecule has 0 bridgehead atoms. The van der Waals surface area contributed by atoms with Crippen LogP contribution in [0.3, 0.4) is 0 Å². The standard InChI is InChI=1S/C11H14O6/c1-13-7-6(12)8(14-2)10(16-4)11(5-17-11)9(7)15-3/h5H2,1-4H3. The normalized spacial score (nSPS) is 21.8. The highest BCUT2D eigenvalue weighted by Gasteiger charge is 2.62. The molecular weight excluding hydrogens is 228 g/mol. The summed E-state index contributed by atoms with van der Waals surface area (Å²) >= 11 is 0. The van der Waals surface area contributed by atoms with Crippen molar-refractivity contribution >= 4 is 5.78 Å². The van der Waals surface area contributed by atoms with Gasteiger partial charge in [0.05, 0.1) is 35.0 Å². The van der Waals surface area contributed by atoms with Crippen molar-refractivity contribution in [1.29, 1.82) is 0 Å². The van der Waals surface area contributed by atoms with Crippen LogP contribution in [0.4, 0.5) is 0 Å². The fourth-order valence-corrected chi connectivity index (χ4v) is 2.00. The predicted molar refractivity (Wildman–Crippen MR) is 55.8 cm³/mol. The van der Waals surface area contributed by atoms with Crippen LogP contribution in [0.25, 0.3) is 0 Å². The number of carbonyl (C=O) groups excluding carboxylic acids is 1. The summed E-state index contributed by atoms with van der Waals surface area (Å²) < 4.78 is 25.9. The van der Waals surface area contributed by atoms with Gasteiger partial charge in [-0.2, -0.15) is 0 Å². The highest BCUT2D eigenvalue weighted by atomic mass is 16.7. The Morgan fingerprint density at radius 2 is 1.35 bits per heavy atom. The molecule has 6 heteroatoms. The number of hydrogen-bond donors (Lipinski definition) is 0. The summed E-state index contributed by atoms with van der Waals surface area (Å²) in [7, 11) is 5.70. The minimum atomic E-state index is -0.867. The molecule has 94 valence electrons. The maximum atomic E-state index is 12.1. The van der Waals surface area contributed by atoms with E-state index in [0.29, 0.717) is 18.1 Å². The topological polar surface area (TPSA) is 66.5 Å². The minimum absolute atomic E-state index is 0.0858. The first kappa shape index (κ1) is 11.8. The Labute approximate surface area is 98.7 Å². The van der Waals surface area contributed by atoms with Gasteiger partial charge in [0.2, 0.25) is 17.1 Å². The van der Waals surface area contributed by atoms with E-state index < -0.39 is 11.4 Å². The van der Waals surface area contributed by atoms with Gasteiger partial charge in [0, 0.05) is 0 Å². The van der Waals surface area contributed by atoms with Crippen molar-refractivity contribution in [3.05, 3.63) is 23.0 Å². The highest BCUT2D eigenvalue weighted by molar-refractivity contribution is 6.08. The summed E-state index contributed by atoms with van der Waals surface area (Å²) in [4.78, 5) is 12.1. The maximum absolute atomic E-state index is 12.1. The molecule has 1 spiro atoms. The zero-order valence-electron chi connectivity index (χ0n) is 10.2. The summed E-state index contributed by atoms with van der Waals surface area (Å²) in [5, 5.41) is 0. The van der Waals surface area contributed by atoms with Gasteiger partial charge in [-0.1, -0.05) is 0 Å². The predicted octanol–water partition coefficient (Wildman–Crippen LogP) is 0.347. The van der Waals surface area contributed by atoms with Crippen LogP contribution in [0.15, 0.2) is 23.0 Å². The van der Waals surface area contributed by atoms with Gasteiger partial charge >= 0.3 is 0 Å². The molecule has 17 heavy (non-hydrogen) atoms.